The van der Waals surface area contributed by atoms with Crippen LogP contribution in [0.1, 0.15) is 33.6 Å². The van der Waals surface area contributed by atoms with Crippen molar-refractivity contribution >= 4 is 5.97 Å². The standard InChI is InChI=1S/C14H28N2O3/c1-14(2,3)19-13(17)5-7-15-6-4-8-16-9-11-18-12-10-16/h15H,4-12H2,1-3H3. The van der Waals surface area contributed by atoms with Crippen LogP contribution in [0.2, 0.25) is 0 Å². The smallest absolute Gasteiger partial charge is 0.307 e. The van der Waals surface area contributed by atoms with E-state index in [1.54, 1.807) is 0 Å². The first-order chi connectivity index (χ1) is 8.97. The molecule has 0 spiro atoms. The second-order valence-corrected chi connectivity index (χ2v) is 5.89. The Morgan fingerprint density at radius 1 is 1.26 bits per heavy atom. The molecule has 19 heavy (non-hydrogen) atoms. The summed E-state index contributed by atoms with van der Waals surface area (Å²) in [7, 11) is 0. The molecule has 0 amide bonds. The van der Waals surface area contributed by atoms with Gasteiger partial charge in [0.2, 0.25) is 0 Å². The lowest BCUT2D eigenvalue weighted by atomic mass is 10.2. The van der Waals surface area contributed by atoms with Crippen LogP contribution in [-0.4, -0.2) is 62.4 Å². The summed E-state index contributed by atoms with van der Waals surface area (Å²) in [5, 5.41) is 3.28. The van der Waals surface area contributed by atoms with Gasteiger partial charge in [-0.2, -0.15) is 0 Å². The molecule has 0 saturated carbocycles. The summed E-state index contributed by atoms with van der Waals surface area (Å²) in [6.07, 6.45) is 1.54. The molecule has 1 aliphatic rings. The molecule has 0 aromatic rings. The topological polar surface area (TPSA) is 50.8 Å². The van der Waals surface area contributed by atoms with Gasteiger partial charge in [0, 0.05) is 19.6 Å². The van der Waals surface area contributed by atoms with E-state index in [4.69, 9.17) is 9.47 Å². The lowest BCUT2D eigenvalue weighted by Crippen LogP contribution is -2.37. The number of rotatable bonds is 7. The molecule has 0 atom stereocenters. The molecule has 0 unspecified atom stereocenters. The molecule has 1 N–H and O–H groups in total. The number of morpholine rings is 1. The van der Waals surface area contributed by atoms with Crippen molar-refractivity contribution in [1.29, 1.82) is 0 Å². The van der Waals surface area contributed by atoms with Crippen LogP contribution in [-0.2, 0) is 14.3 Å². The van der Waals surface area contributed by atoms with E-state index in [1.165, 1.54) is 0 Å². The number of hydrogen-bond donors (Lipinski definition) is 1. The van der Waals surface area contributed by atoms with Gasteiger partial charge >= 0.3 is 5.97 Å². The van der Waals surface area contributed by atoms with Crippen LogP contribution < -0.4 is 5.32 Å². The summed E-state index contributed by atoms with van der Waals surface area (Å²) in [6, 6.07) is 0. The molecule has 0 aliphatic carbocycles. The summed E-state index contributed by atoms with van der Waals surface area (Å²) in [6.45, 7) is 12.2. The molecule has 0 aromatic carbocycles. The van der Waals surface area contributed by atoms with E-state index >= 15 is 0 Å². The molecule has 1 fully saturated rings. The summed E-state index contributed by atoms with van der Waals surface area (Å²) in [5.74, 6) is -0.131. The van der Waals surface area contributed by atoms with Crippen molar-refractivity contribution in [3.05, 3.63) is 0 Å². The fourth-order valence-corrected chi connectivity index (χ4v) is 1.96. The largest absolute Gasteiger partial charge is 0.460 e. The SMILES string of the molecule is CC(C)(C)OC(=O)CCNCCCN1CCOCC1. The Morgan fingerprint density at radius 2 is 1.95 bits per heavy atom. The summed E-state index contributed by atoms with van der Waals surface area (Å²) < 4.78 is 10.5. The van der Waals surface area contributed by atoms with E-state index < -0.39 is 0 Å². The Bertz CT molecular complexity index is 258. The predicted molar refractivity (Wildman–Crippen MR) is 75.2 cm³/mol. The molecule has 0 radical (unpaired) electrons. The normalized spacial score (nSPS) is 17.4. The monoisotopic (exact) mass is 272 g/mol. The third-order valence-electron chi connectivity index (χ3n) is 2.86. The van der Waals surface area contributed by atoms with Gasteiger partial charge in [0.1, 0.15) is 5.60 Å². The minimum atomic E-state index is -0.382. The van der Waals surface area contributed by atoms with Crippen molar-refractivity contribution in [3.63, 3.8) is 0 Å². The van der Waals surface area contributed by atoms with Crippen LogP contribution in [0.3, 0.4) is 0 Å². The molecule has 1 rings (SSSR count). The van der Waals surface area contributed by atoms with Crippen LogP contribution in [0.4, 0.5) is 0 Å². The van der Waals surface area contributed by atoms with Crippen molar-refractivity contribution in [2.45, 2.75) is 39.2 Å². The van der Waals surface area contributed by atoms with Gasteiger partial charge in [0.25, 0.3) is 0 Å². The van der Waals surface area contributed by atoms with Crippen molar-refractivity contribution < 1.29 is 14.3 Å². The molecule has 5 heteroatoms. The number of nitrogens with one attached hydrogen (secondary N) is 1. The first-order valence-corrected chi connectivity index (χ1v) is 7.20. The fraction of sp³-hybridized carbons (Fsp3) is 0.929. The summed E-state index contributed by atoms with van der Waals surface area (Å²) >= 11 is 0. The minimum absolute atomic E-state index is 0.131. The maximum atomic E-state index is 11.5. The average molecular weight is 272 g/mol. The second kappa shape index (κ2) is 8.51. The molecule has 112 valence electrons. The second-order valence-electron chi connectivity index (χ2n) is 5.89. The number of hydrogen-bond acceptors (Lipinski definition) is 5. The third-order valence-corrected chi connectivity index (χ3v) is 2.86. The highest BCUT2D eigenvalue weighted by molar-refractivity contribution is 5.70. The number of ether oxygens (including phenoxy) is 2. The molecule has 1 saturated heterocycles. The van der Waals surface area contributed by atoms with E-state index in [9.17, 15) is 4.79 Å². The molecule has 5 nitrogen and oxygen atoms in total. The van der Waals surface area contributed by atoms with Crippen LogP contribution in [0, 0.1) is 0 Å². The Morgan fingerprint density at radius 3 is 2.58 bits per heavy atom. The van der Waals surface area contributed by atoms with E-state index in [-0.39, 0.29) is 11.6 Å². The van der Waals surface area contributed by atoms with E-state index in [2.05, 4.69) is 10.2 Å². The molecule has 0 aromatic heterocycles. The van der Waals surface area contributed by atoms with Gasteiger partial charge in [-0.15, -0.1) is 0 Å². The van der Waals surface area contributed by atoms with Crippen LogP contribution in [0.5, 0.6) is 0 Å². The van der Waals surface area contributed by atoms with Gasteiger partial charge in [-0.25, -0.2) is 0 Å². The van der Waals surface area contributed by atoms with Crippen molar-refractivity contribution in [2.75, 3.05) is 45.9 Å². The summed E-state index contributed by atoms with van der Waals surface area (Å²) in [4.78, 5) is 13.9. The zero-order valence-electron chi connectivity index (χ0n) is 12.5. The van der Waals surface area contributed by atoms with E-state index in [0.717, 1.165) is 45.8 Å². The van der Waals surface area contributed by atoms with Gasteiger partial charge in [-0.3, -0.25) is 9.69 Å². The number of esters is 1. The van der Waals surface area contributed by atoms with Gasteiger partial charge in [0.15, 0.2) is 0 Å². The molecule has 0 bridgehead atoms. The summed E-state index contributed by atoms with van der Waals surface area (Å²) in [5.41, 5.74) is -0.382. The first kappa shape index (κ1) is 16.4. The molecular weight excluding hydrogens is 244 g/mol. The lowest BCUT2D eigenvalue weighted by molar-refractivity contribution is -0.154. The molecular formula is C14H28N2O3. The Labute approximate surface area is 116 Å². The Balaban J connectivity index is 1.92. The first-order valence-electron chi connectivity index (χ1n) is 7.20. The predicted octanol–water partition coefficient (Wildman–Crippen LogP) is 1.03. The van der Waals surface area contributed by atoms with Crippen LogP contribution >= 0.6 is 0 Å². The van der Waals surface area contributed by atoms with Gasteiger partial charge in [-0.05, 0) is 40.3 Å². The number of carbonyl (C=O) groups excluding carboxylic acids is 1. The average Bonchev–Trinajstić information content (AvgIpc) is 2.32. The van der Waals surface area contributed by atoms with E-state index in [1.807, 2.05) is 20.8 Å². The van der Waals surface area contributed by atoms with Crippen molar-refractivity contribution in [1.82, 2.24) is 10.2 Å². The highest BCUT2D eigenvalue weighted by atomic mass is 16.6. The molecule has 1 aliphatic heterocycles. The quantitative estimate of drug-likeness (QED) is 0.554. The van der Waals surface area contributed by atoms with E-state index in [0.29, 0.717) is 13.0 Å². The highest BCUT2D eigenvalue weighted by Crippen LogP contribution is 2.07. The van der Waals surface area contributed by atoms with Crippen molar-refractivity contribution in [2.24, 2.45) is 0 Å². The molecule has 1 heterocycles. The zero-order chi connectivity index (χ0) is 14.1. The van der Waals surface area contributed by atoms with Gasteiger partial charge in [-0.1, -0.05) is 0 Å². The maximum absolute atomic E-state index is 11.5. The fourth-order valence-electron chi connectivity index (χ4n) is 1.96. The van der Waals surface area contributed by atoms with Crippen LogP contribution in [0.25, 0.3) is 0 Å². The maximum Gasteiger partial charge on any atom is 0.307 e. The van der Waals surface area contributed by atoms with Crippen molar-refractivity contribution in [3.8, 4) is 0 Å². The minimum Gasteiger partial charge on any atom is -0.460 e. The Kier molecular flexibility index (Phi) is 7.34. The van der Waals surface area contributed by atoms with Gasteiger partial charge in [0.05, 0.1) is 19.6 Å². The highest BCUT2D eigenvalue weighted by Gasteiger charge is 2.15. The van der Waals surface area contributed by atoms with Crippen LogP contribution in [0.15, 0.2) is 0 Å². The number of nitrogens with zero attached hydrogens (tertiary/aromatic N) is 1. The zero-order valence-corrected chi connectivity index (χ0v) is 12.5. The number of carbonyl (C=O) groups is 1. The van der Waals surface area contributed by atoms with Gasteiger partial charge < -0.3 is 14.8 Å². The lowest BCUT2D eigenvalue weighted by Gasteiger charge is -2.26. The Hall–Kier alpha value is -0.650. The third kappa shape index (κ3) is 8.97.